The predicted molar refractivity (Wildman–Crippen MR) is 169 cm³/mol. The zero-order valence-electron chi connectivity index (χ0n) is 24.5. The fourth-order valence-corrected chi connectivity index (χ4v) is 8.24. The van der Waals surface area contributed by atoms with Gasteiger partial charge in [-0.1, -0.05) is 19.1 Å². The van der Waals surface area contributed by atoms with Gasteiger partial charge in [-0.05, 0) is 123 Å². The van der Waals surface area contributed by atoms with Crippen LogP contribution < -0.4 is 14.3 Å². The SMILES string of the molecule is C[C@@H](COc1ccnc2c1CCCC2)CC1Cc2ccc(SO)cc2C12CCC(Nc1cccc(OCl)c1)(C(=O)O)CC2. The zero-order valence-corrected chi connectivity index (χ0v) is 26.1. The van der Waals surface area contributed by atoms with Gasteiger partial charge in [0.2, 0.25) is 0 Å². The summed E-state index contributed by atoms with van der Waals surface area (Å²) in [5.41, 5.74) is 4.44. The van der Waals surface area contributed by atoms with Crippen LogP contribution in [0.25, 0.3) is 0 Å². The molecule has 0 bridgehead atoms. The Kier molecular flexibility index (Phi) is 8.81. The van der Waals surface area contributed by atoms with E-state index in [1.165, 1.54) is 35.2 Å². The Labute approximate surface area is 262 Å². The van der Waals surface area contributed by atoms with Gasteiger partial charge in [-0.3, -0.25) is 4.98 Å². The zero-order chi connectivity index (χ0) is 30.0. The Bertz CT molecular complexity index is 1470. The average Bonchev–Trinajstić information content (AvgIpc) is 3.32. The fraction of sp³-hybridized carbons (Fsp3) is 0.471. The van der Waals surface area contributed by atoms with Crippen molar-refractivity contribution in [3.8, 4) is 11.5 Å². The molecule has 9 heteroatoms. The van der Waals surface area contributed by atoms with Crippen LogP contribution in [-0.4, -0.2) is 32.8 Å². The molecule has 3 aliphatic carbocycles. The molecule has 2 aromatic carbocycles. The van der Waals surface area contributed by atoms with Crippen LogP contribution in [0.2, 0.25) is 0 Å². The second-order valence-electron chi connectivity index (χ2n) is 12.7. The summed E-state index contributed by atoms with van der Waals surface area (Å²) in [6.07, 6.45) is 10.7. The van der Waals surface area contributed by atoms with Crippen LogP contribution in [0.15, 0.2) is 59.6 Å². The number of hydrogen-bond acceptors (Lipinski definition) is 7. The van der Waals surface area contributed by atoms with Crippen molar-refractivity contribution in [2.75, 3.05) is 11.9 Å². The Balaban J connectivity index is 1.22. The highest BCUT2D eigenvalue weighted by Gasteiger charge is 2.54. The minimum absolute atomic E-state index is 0.160. The number of nitrogens with one attached hydrogen (secondary N) is 1. The van der Waals surface area contributed by atoms with Crippen molar-refractivity contribution in [3.05, 3.63) is 77.1 Å². The van der Waals surface area contributed by atoms with Gasteiger partial charge >= 0.3 is 5.97 Å². The molecule has 1 heterocycles. The largest absolute Gasteiger partial charge is 0.493 e. The second kappa shape index (κ2) is 12.6. The molecule has 6 rings (SSSR count). The van der Waals surface area contributed by atoms with E-state index in [0.29, 0.717) is 42.7 Å². The summed E-state index contributed by atoms with van der Waals surface area (Å²) in [6.45, 7) is 2.90. The van der Waals surface area contributed by atoms with Crippen LogP contribution in [0, 0.1) is 11.8 Å². The summed E-state index contributed by atoms with van der Waals surface area (Å²) in [5, 5.41) is 13.8. The van der Waals surface area contributed by atoms with Gasteiger partial charge in [0.25, 0.3) is 0 Å². The fourth-order valence-electron chi connectivity index (χ4n) is 7.85. The van der Waals surface area contributed by atoms with E-state index < -0.39 is 11.5 Å². The molecule has 1 saturated carbocycles. The molecule has 3 aliphatic rings. The molecule has 0 aliphatic heterocycles. The van der Waals surface area contributed by atoms with E-state index in [9.17, 15) is 14.5 Å². The minimum atomic E-state index is -1.10. The highest BCUT2D eigenvalue weighted by Crippen LogP contribution is 2.56. The summed E-state index contributed by atoms with van der Waals surface area (Å²) in [6, 6.07) is 15.4. The van der Waals surface area contributed by atoms with Crippen LogP contribution >= 0.6 is 23.9 Å². The van der Waals surface area contributed by atoms with Crippen LogP contribution in [0.4, 0.5) is 5.69 Å². The Morgan fingerprint density at radius 3 is 2.72 bits per heavy atom. The van der Waals surface area contributed by atoms with Gasteiger partial charge < -0.3 is 24.0 Å². The normalized spacial score (nSPS) is 25.0. The van der Waals surface area contributed by atoms with Crippen molar-refractivity contribution in [3.63, 3.8) is 0 Å². The molecular weight excluding hydrogens is 584 g/mol. The number of halogens is 1. The van der Waals surface area contributed by atoms with E-state index in [4.69, 9.17) is 20.9 Å². The van der Waals surface area contributed by atoms with Gasteiger partial charge in [0, 0.05) is 46.1 Å². The molecule has 0 radical (unpaired) electrons. The number of nitrogens with zero attached hydrogens (tertiary/aromatic N) is 1. The molecule has 1 fully saturated rings. The third-order valence-electron chi connectivity index (χ3n) is 10.1. The lowest BCUT2D eigenvalue weighted by Gasteiger charge is -2.47. The molecule has 3 aromatic rings. The molecule has 0 amide bonds. The van der Waals surface area contributed by atoms with Crippen molar-refractivity contribution < 1.29 is 23.5 Å². The number of fused-ring (bicyclic) bond motifs is 3. The molecule has 1 unspecified atom stereocenters. The van der Waals surface area contributed by atoms with Crippen molar-refractivity contribution in [2.45, 2.75) is 87.0 Å². The number of carboxylic acid groups (broad SMARTS) is 1. The smallest absolute Gasteiger partial charge is 0.329 e. The van der Waals surface area contributed by atoms with Gasteiger partial charge in [-0.25, -0.2) is 4.79 Å². The average molecular weight is 623 g/mol. The summed E-state index contributed by atoms with van der Waals surface area (Å²) in [4.78, 5) is 18.2. The lowest BCUT2D eigenvalue weighted by molar-refractivity contribution is -0.144. The van der Waals surface area contributed by atoms with Crippen LogP contribution in [-0.2, 0) is 29.5 Å². The first kappa shape index (κ1) is 30.1. The lowest BCUT2D eigenvalue weighted by atomic mass is 9.59. The number of benzene rings is 2. The van der Waals surface area contributed by atoms with Crippen LogP contribution in [0.5, 0.6) is 11.5 Å². The number of carboxylic acids is 1. The number of carbonyl (C=O) groups is 1. The molecule has 0 saturated heterocycles. The first-order valence-electron chi connectivity index (χ1n) is 15.3. The standard InChI is InChI=1S/C34H39ClN2O5S/c1-22(21-41-31-11-16-36-30-8-3-2-7-28(30)31)17-24-18-23-9-10-27(43-40)20-29(23)33(24)12-14-34(15-13-33,32(38)39)37-25-5-4-6-26(19-25)42-35/h4-6,9-11,16,19-20,22,24,37,40H,2-3,7-8,12-15,17-18,21H2,1H3,(H,38,39)/t22-,24?,33?,34?/m1/s1. The second-order valence-corrected chi connectivity index (χ2v) is 13.5. The topological polar surface area (TPSA) is 101 Å². The summed E-state index contributed by atoms with van der Waals surface area (Å²) in [7, 11) is 0. The van der Waals surface area contributed by atoms with Crippen molar-refractivity contribution >= 4 is 35.6 Å². The highest BCUT2D eigenvalue weighted by atomic mass is 35.5. The summed E-state index contributed by atoms with van der Waals surface area (Å²) < 4.78 is 21.2. The first-order valence-corrected chi connectivity index (χ1v) is 16.4. The highest BCUT2D eigenvalue weighted by molar-refractivity contribution is 7.93. The maximum Gasteiger partial charge on any atom is 0.329 e. The third kappa shape index (κ3) is 5.94. The van der Waals surface area contributed by atoms with E-state index in [1.807, 2.05) is 24.4 Å². The van der Waals surface area contributed by atoms with E-state index in [1.54, 1.807) is 18.2 Å². The number of hydrogen-bond donors (Lipinski definition) is 3. The van der Waals surface area contributed by atoms with Gasteiger partial charge in [0.15, 0.2) is 0 Å². The molecule has 1 spiro atoms. The molecule has 1 aromatic heterocycles. The molecule has 43 heavy (non-hydrogen) atoms. The number of rotatable bonds is 10. The van der Waals surface area contributed by atoms with E-state index in [2.05, 4.69) is 29.4 Å². The molecule has 2 atom stereocenters. The monoisotopic (exact) mass is 622 g/mol. The maximum absolute atomic E-state index is 12.8. The summed E-state index contributed by atoms with van der Waals surface area (Å²) in [5.74, 6) is 1.26. The number of ether oxygens (including phenoxy) is 1. The number of aryl methyl sites for hydroxylation is 1. The molecular formula is C34H39ClN2O5S. The minimum Gasteiger partial charge on any atom is -0.493 e. The number of anilines is 1. The molecule has 7 nitrogen and oxygen atoms in total. The number of aliphatic carboxylic acids is 1. The Morgan fingerprint density at radius 2 is 1.95 bits per heavy atom. The van der Waals surface area contributed by atoms with Gasteiger partial charge in [0.1, 0.15) is 28.9 Å². The first-order chi connectivity index (χ1) is 20.9. The maximum atomic E-state index is 12.8. The van der Waals surface area contributed by atoms with Gasteiger partial charge in [-0.2, -0.15) is 0 Å². The lowest BCUT2D eigenvalue weighted by Crippen LogP contribution is -2.53. The quantitative estimate of drug-likeness (QED) is 0.195. The van der Waals surface area contributed by atoms with Gasteiger partial charge in [-0.15, -0.1) is 0 Å². The number of aromatic nitrogens is 1. The Hall–Kier alpha value is -2.94. The van der Waals surface area contributed by atoms with Crippen molar-refractivity contribution in [1.82, 2.24) is 4.98 Å². The molecule has 3 N–H and O–H groups in total. The van der Waals surface area contributed by atoms with Crippen molar-refractivity contribution in [1.29, 1.82) is 0 Å². The summed E-state index contributed by atoms with van der Waals surface area (Å²) >= 11 is 6.33. The van der Waals surface area contributed by atoms with E-state index in [0.717, 1.165) is 61.2 Å². The predicted octanol–water partition coefficient (Wildman–Crippen LogP) is 8.08. The van der Waals surface area contributed by atoms with E-state index in [-0.39, 0.29) is 5.41 Å². The Morgan fingerprint density at radius 1 is 1.14 bits per heavy atom. The van der Waals surface area contributed by atoms with Gasteiger partial charge in [0.05, 0.1) is 6.61 Å². The number of pyridine rings is 1. The molecule has 228 valence electrons. The third-order valence-corrected chi connectivity index (χ3v) is 10.7. The van der Waals surface area contributed by atoms with Crippen LogP contribution in [0.3, 0.4) is 0 Å². The van der Waals surface area contributed by atoms with E-state index >= 15 is 0 Å². The van der Waals surface area contributed by atoms with Crippen LogP contribution in [0.1, 0.15) is 74.3 Å². The van der Waals surface area contributed by atoms with Crippen molar-refractivity contribution in [2.24, 2.45) is 11.8 Å².